The van der Waals surface area contributed by atoms with E-state index in [-0.39, 0.29) is 0 Å². The molecule has 1 aromatic rings. The first-order valence-corrected chi connectivity index (χ1v) is 4.01. The molecule has 0 amide bonds. The largest absolute Gasteiger partial charge is 0.496 e. The van der Waals surface area contributed by atoms with Crippen molar-refractivity contribution in [1.82, 2.24) is 0 Å². The molecule has 13 heavy (non-hydrogen) atoms. The smallest absolute Gasteiger partial charge is 0.124 e. The summed E-state index contributed by atoms with van der Waals surface area (Å²) in [5, 5.41) is 11.3. The molecule has 0 aliphatic rings. The van der Waals surface area contributed by atoms with Gasteiger partial charge >= 0.3 is 0 Å². The monoisotopic (exact) mass is 179 g/mol. The molecule has 0 unspecified atom stereocenters. The first-order valence-electron chi connectivity index (χ1n) is 4.01. The van der Waals surface area contributed by atoms with E-state index >= 15 is 0 Å². The highest BCUT2D eigenvalue weighted by atomic mass is 16.5. The summed E-state index contributed by atoms with van der Waals surface area (Å²) < 4.78 is 5.20. The number of hydrogen-bond acceptors (Lipinski definition) is 3. The predicted octanol–water partition coefficient (Wildman–Crippen LogP) is 2.12. The lowest BCUT2D eigenvalue weighted by atomic mass is 10.1. The molecule has 0 fully saturated rings. The summed E-state index contributed by atoms with van der Waals surface area (Å²) in [6.45, 7) is 3.92. The van der Waals surface area contributed by atoms with E-state index in [1.807, 2.05) is 26.0 Å². The predicted molar refractivity (Wildman–Crippen MR) is 51.8 cm³/mol. The molecule has 0 spiro atoms. The minimum atomic E-state index is 0.873. The van der Waals surface area contributed by atoms with Crippen LogP contribution in [-0.4, -0.2) is 18.5 Å². The van der Waals surface area contributed by atoms with Crippen molar-refractivity contribution in [3.8, 4) is 5.75 Å². The molecular weight excluding hydrogens is 166 g/mol. The second kappa shape index (κ2) is 3.94. The summed E-state index contributed by atoms with van der Waals surface area (Å²) in [7, 11) is 1.65. The van der Waals surface area contributed by atoms with Crippen LogP contribution in [0.25, 0.3) is 0 Å². The molecule has 0 saturated carbocycles. The molecular formula is C10H13NO2. The van der Waals surface area contributed by atoms with Crippen molar-refractivity contribution in [2.75, 3.05) is 7.11 Å². The Bertz CT molecular complexity index is 309. The summed E-state index contributed by atoms with van der Waals surface area (Å²) in [5.41, 5.74) is 2.95. The third-order valence-corrected chi connectivity index (χ3v) is 1.89. The van der Waals surface area contributed by atoms with E-state index in [1.54, 1.807) is 7.11 Å². The van der Waals surface area contributed by atoms with Crippen LogP contribution < -0.4 is 4.74 Å². The Balaban J connectivity index is 3.20. The minimum Gasteiger partial charge on any atom is -0.496 e. The Kier molecular flexibility index (Phi) is 2.90. The molecule has 0 bridgehead atoms. The lowest BCUT2D eigenvalue weighted by molar-refractivity contribution is 0.322. The number of hydrogen-bond donors (Lipinski definition) is 1. The molecule has 0 radical (unpaired) electrons. The molecule has 1 aromatic carbocycles. The van der Waals surface area contributed by atoms with Crippen molar-refractivity contribution in [3.63, 3.8) is 0 Å². The Morgan fingerprint density at radius 3 is 2.23 bits per heavy atom. The van der Waals surface area contributed by atoms with Gasteiger partial charge in [0.1, 0.15) is 5.75 Å². The molecule has 1 N–H and O–H groups in total. The standard InChI is InChI=1S/C10H13NO2/c1-7-4-9(6-11-12)5-8(2)10(7)13-3/h4-6,12H,1-3H3/b11-6+. The summed E-state index contributed by atoms with van der Waals surface area (Å²) in [6, 6.07) is 3.82. The van der Waals surface area contributed by atoms with Gasteiger partial charge in [-0.1, -0.05) is 5.16 Å². The van der Waals surface area contributed by atoms with E-state index in [9.17, 15) is 0 Å². The zero-order valence-electron chi connectivity index (χ0n) is 8.03. The van der Waals surface area contributed by atoms with Gasteiger partial charge in [0.25, 0.3) is 0 Å². The average molecular weight is 179 g/mol. The fraction of sp³-hybridized carbons (Fsp3) is 0.300. The van der Waals surface area contributed by atoms with Crippen molar-refractivity contribution in [3.05, 3.63) is 28.8 Å². The van der Waals surface area contributed by atoms with Gasteiger partial charge in [-0.05, 0) is 42.7 Å². The first-order chi connectivity index (χ1) is 6.19. The van der Waals surface area contributed by atoms with Crippen LogP contribution in [0.15, 0.2) is 17.3 Å². The minimum absolute atomic E-state index is 0.873. The van der Waals surface area contributed by atoms with Crippen LogP contribution in [0.1, 0.15) is 16.7 Å². The molecule has 3 heteroatoms. The Labute approximate surface area is 77.6 Å². The molecule has 0 atom stereocenters. The van der Waals surface area contributed by atoms with Gasteiger partial charge in [0, 0.05) is 0 Å². The highest BCUT2D eigenvalue weighted by Crippen LogP contribution is 2.23. The van der Waals surface area contributed by atoms with E-state index in [4.69, 9.17) is 9.94 Å². The van der Waals surface area contributed by atoms with Crippen LogP contribution in [0.2, 0.25) is 0 Å². The van der Waals surface area contributed by atoms with Crippen molar-refractivity contribution >= 4 is 6.21 Å². The second-order valence-corrected chi connectivity index (χ2v) is 2.93. The highest BCUT2D eigenvalue weighted by molar-refractivity contribution is 5.80. The van der Waals surface area contributed by atoms with Crippen LogP contribution in [-0.2, 0) is 0 Å². The van der Waals surface area contributed by atoms with E-state index in [2.05, 4.69) is 5.16 Å². The van der Waals surface area contributed by atoms with Gasteiger partial charge in [0.15, 0.2) is 0 Å². The Morgan fingerprint density at radius 1 is 1.31 bits per heavy atom. The topological polar surface area (TPSA) is 41.8 Å². The zero-order valence-corrected chi connectivity index (χ0v) is 8.03. The maximum Gasteiger partial charge on any atom is 0.124 e. The number of oxime groups is 1. The number of nitrogens with zero attached hydrogens (tertiary/aromatic N) is 1. The van der Waals surface area contributed by atoms with Gasteiger partial charge in [-0.15, -0.1) is 0 Å². The number of ether oxygens (including phenoxy) is 1. The molecule has 0 heterocycles. The number of aryl methyl sites for hydroxylation is 2. The molecule has 0 aliphatic heterocycles. The van der Waals surface area contributed by atoms with E-state index in [0.29, 0.717) is 0 Å². The van der Waals surface area contributed by atoms with E-state index < -0.39 is 0 Å². The van der Waals surface area contributed by atoms with Crippen molar-refractivity contribution in [1.29, 1.82) is 0 Å². The lowest BCUT2D eigenvalue weighted by Crippen LogP contribution is -1.93. The first kappa shape index (κ1) is 9.58. The quantitative estimate of drug-likeness (QED) is 0.429. The van der Waals surface area contributed by atoms with Gasteiger partial charge < -0.3 is 9.94 Å². The Morgan fingerprint density at radius 2 is 1.85 bits per heavy atom. The number of methoxy groups -OCH3 is 1. The lowest BCUT2D eigenvalue weighted by Gasteiger charge is -2.08. The normalized spacial score (nSPS) is 10.7. The molecule has 0 aromatic heterocycles. The molecule has 0 saturated heterocycles. The fourth-order valence-corrected chi connectivity index (χ4v) is 1.45. The average Bonchev–Trinajstić information content (AvgIpc) is 2.04. The number of benzene rings is 1. The summed E-state index contributed by atoms with van der Waals surface area (Å²) in [6.07, 6.45) is 1.40. The van der Waals surface area contributed by atoms with Crippen LogP contribution in [0.3, 0.4) is 0 Å². The van der Waals surface area contributed by atoms with Gasteiger partial charge in [-0.3, -0.25) is 0 Å². The van der Waals surface area contributed by atoms with E-state index in [1.165, 1.54) is 6.21 Å². The van der Waals surface area contributed by atoms with Gasteiger partial charge in [0.2, 0.25) is 0 Å². The highest BCUT2D eigenvalue weighted by Gasteiger charge is 2.03. The molecule has 0 aliphatic carbocycles. The summed E-state index contributed by atoms with van der Waals surface area (Å²) in [5.74, 6) is 0.884. The van der Waals surface area contributed by atoms with Crippen LogP contribution >= 0.6 is 0 Å². The molecule has 3 nitrogen and oxygen atoms in total. The van der Waals surface area contributed by atoms with Crippen molar-refractivity contribution in [2.45, 2.75) is 13.8 Å². The second-order valence-electron chi connectivity index (χ2n) is 2.93. The van der Waals surface area contributed by atoms with Crippen molar-refractivity contribution in [2.24, 2.45) is 5.16 Å². The van der Waals surface area contributed by atoms with Gasteiger partial charge in [-0.25, -0.2) is 0 Å². The SMILES string of the molecule is COc1c(C)cc(/C=N/O)cc1C. The maximum atomic E-state index is 8.37. The van der Waals surface area contributed by atoms with Gasteiger partial charge in [-0.2, -0.15) is 0 Å². The van der Waals surface area contributed by atoms with Gasteiger partial charge in [0.05, 0.1) is 13.3 Å². The third-order valence-electron chi connectivity index (χ3n) is 1.89. The van der Waals surface area contributed by atoms with Crippen LogP contribution in [0, 0.1) is 13.8 Å². The maximum absolute atomic E-state index is 8.37. The third kappa shape index (κ3) is 1.99. The van der Waals surface area contributed by atoms with Crippen LogP contribution in [0.4, 0.5) is 0 Å². The van der Waals surface area contributed by atoms with Crippen LogP contribution in [0.5, 0.6) is 5.75 Å². The summed E-state index contributed by atoms with van der Waals surface area (Å²) in [4.78, 5) is 0. The van der Waals surface area contributed by atoms with Crippen molar-refractivity contribution < 1.29 is 9.94 Å². The Hall–Kier alpha value is -1.51. The number of rotatable bonds is 2. The fourth-order valence-electron chi connectivity index (χ4n) is 1.45. The molecule has 1 rings (SSSR count). The summed E-state index contributed by atoms with van der Waals surface area (Å²) >= 11 is 0. The van der Waals surface area contributed by atoms with E-state index in [0.717, 1.165) is 22.4 Å². The molecule has 70 valence electrons. The zero-order chi connectivity index (χ0) is 9.84.